The summed E-state index contributed by atoms with van der Waals surface area (Å²) in [6, 6.07) is 14.8. The number of nitrogens with one attached hydrogen (secondary N) is 3. The van der Waals surface area contributed by atoms with Gasteiger partial charge in [0.25, 0.3) is 15.9 Å². The van der Waals surface area contributed by atoms with E-state index in [2.05, 4.69) is 47.9 Å². The molecular formula is C20H18IN5O3S2. The number of halogens is 1. The van der Waals surface area contributed by atoms with Crippen LogP contribution >= 0.6 is 34.8 Å². The summed E-state index contributed by atoms with van der Waals surface area (Å²) in [5.41, 5.74) is 2.35. The molecule has 0 aliphatic carbocycles. The van der Waals surface area contributed by atoms with Gasteiger partial charge in [0.05, 0.1) is 10.5 Å². The zero-order chi connectivity index (χ0) is 22.6. The lowest BCUT2D eigenvalue weighted by atomic mass is 10.2. The third-order valence-electron chi connectivity index (χ3n) is 3.98. The lowest BCUT2D eigenvalue weighted by Crippen LogP contribution is -2.34. The van der Waals surface area contributed by atoms with Gasteiger partial charge in [-0.2, -0.15) is 0 Å². The number of rotatable bonds is 5. The van der Waals surface area contributed by atoms with E-state index in [0.29, 0.717) is 22.6 Å². The fourth-order valence-electron chi connectivity index (χ4n) is 2.65. The minimum atomic E-state index is -3.86. The second kappa shape index (κ2) is 9.66. The number of aromatic nitrogens is 2. The number of aryl methyl sites for hydroxylation is 2. The number of sulfonamides is 1. The van der Waals surface area contributed by atoms with Crippen LogP contribution in [0.15, 0.2) is 59.5 Å². The summed E-state index contributed by atoms with van der Waals surface area (Å²) in [5.74, 6) is -0.321. The summed E-state index contributed by atoms with van der Waals surface area (Å²) in [4.78, 5) is 20.5. The molecule has 0 aliphatic rings. The SMILES string of the molecule is Cc1cc(C)nc(NS(=O)(=O)c2ccc(NC(=S)NC(=O)c3ccccc3I)cc2)n1. The van der Waals surface area contributed by atoms with Crippen LogP contribution in [-0.4, -0.2) is 29.4 Å². The molecule has 1 aromatic heterocycles. The van der Waals surface area contributed by atoms with Crippen LogP contribution in [0.1, 0.15) is 21.7 Å². The Labute approximate surface area is 199 Å². The highest BCUT2D eigenvalue weighted by Gasteiger charge is 2.16. The number of benzene rings is 2. The van der Waals surface area contributed by atoms with Gasteiger partial charge in [-0.1, -0.05) is 12.1 Å². The van der Waals surface area contributed by atoms with Crippen molar-refractivity contribution < 1.29 is 13.2 Å². The Balaban J connectivity index is 1.66. The maximum Gasteiger partial charge on any atom is 0.264 e. The smallest absolute Gasteiger partial charge is 0.264 e. The summed E-state index contributed by atoms with van der Waals surface area (Å²) >= 11 is 7.25. The number of anilines is 2. The molecule has 0 unspecified atom stereocenters. The highest BCUT2D eigenvalue weighted by molar-refractivity contribution is 14.1. The largest absolute Gasteiger partial charge is 0.332 e. The first-order valence-electron chi connectivity index (χ1n) is 8.96. The zero-order valence-electron chi connectivity index (χ0n) is 16.5. The second-order valence-electron chi connectivity index (χ2n) is 6.49. The molecule has 1 heterocycles. The molecule has 0 spiro atoms. The standard InChI is InChI=1S/C20H18IN5O3S2/c1-12-11-13(2)23-19(22-12)26-31(28,29)15-9-7-14(8-10-15)24-20(30)25-18(27)16-5-3-4-6-17(16)21/h3-11H,1-2H3,(H,22,23,26)(H2,24,25,27,30). The van der Waals surface area contributed by atoms with Gasteiger partial charge >= 0.3 is 0 Å². The van der Waals surface area contributed by atoms with Gasteiger partial charge in [0.1, 0.15) is 0 Å². The molecule has 0 aliphatic heterocycles. The Bertz CT molecular complexity index is 1230. The third-order valence-corrected chi connectivity index (χ3v) is 6.46. The maximum atomic E-state index is 12.6. The molecule has 8 nitrogen and oxygen atoms in total. The zero-order valence-corrected chi connectivity index (χ0v) is 20.3. The van der Waals surface area contributed by atoms with E-state index in [1.165, 1.54) is 12.1 Å². The van der Waals surface area contributed by atoms with Crippen molar-refractivity contribution in [2.24, 2.45) is 0 Å². The van der Waals surface area contributed by atoms with Crippen molar-refractivity contribution in [3.8, 4) is 0 Å². The van der Waals surface area contributed by atoms with Crippen LogP contribution in [-0.2, 0) is 10.0 Å². The minimum absolute atomic E-state index is 0.0131. The number of hydrogen-bond donors (Lipinski definition) is 3. The lowest BCUT2D eigenvalue weighted by molar-refractivity contribution is 0.0977. The van der Waals surface area contributed by atoms with Crippen LogP contribution in [0, 0.1) is 17.4 Å². The van der Waals surface area contributed by atoms with Gasteiger partial charge in [-0.25, -0.2) is 23.1 Å². The molecule has 31 heavy (non-hydrogen) atoms. The summed E-state index contributed by atoms with van der Waals surface area (Å²) in [7, 11) is -3.86. The van der Waals surface area contributed by atoms with E-state index in [1.54, 1.807) is 44.2 Å². The third kappa shape index (κ3) is 6.18. The normalized spacial score (nSPS) is 10.9. The van der Waals surface area contributed by atoms with Crippen molar-refractivity contribution in [2.75, 3.05) is 10.0 Å². The topological polar surface area (TPSA) is 113 Å². The van der Waals surface area contributed by atoms with E-state index in [0.717, 1.165) is 3.57 Å². The average molecular weight is 567 g/mol. The average Bonchev–Trinajstić information content (AvgIpc) is 2.67. The molecule has 3 N–H and O–H groups in total. The van der Waals surface area contributed by atoms with Crippen molar-refractivity contribution in [2.45, 2.75) is 18.7 Å². The summed E-state index contributed by atoms with van der Waals surface area (Å²) in [5, 5.41) is 5.56. The molecule has 11 heteroatoms. The molecule has 160 valence electrons. The fourth-order valence-corrected chi connectivity index (χ4v) is 4.43. The van der Waals surface area contributed by atoms with Crippen LogP contribution < -0.4 is 15.4 Å². The Morgan fingerprint density at radius 2 is 1.61 bits per heavy atom. The van der Waals surface area contributed by atoms with Gasteiger partial charge in [-0.05, 0) is 91.1 Å². The first kappa shape index (κ1) is 23.0. The summed E-state index contributed by atoms with van der Waals surface area (Å²) in [6.45, 7) is 3.51. The number of amides is 1. The Hall–Kier alpha value is -2.64. The Morgan fingerprint density at radius 1 is 1.00 bits per heavy atom. The second-order valence-corrected chi connectivity index (χ2v) is 9.75. The van der Waals surface area contributed by atoms with Crippen molar-refractivity contribution >= 4 is 67.5 Å². The van der Waals surface area contributed by atoms with Gasteiger partial charge in [0.15, 0.2) is 5.11 Å². The van der Waals surface area contributed by atoms with Crippen molar-refractivity contribution in [1.29, 1.82) is 0 Å². The van der Waals surface area contributed by atoms with E-state index >= 15 is 0 Å². The molecule has 1 amide bonds. The number of hydrogen-bond acceptors (Lipinski definition) is 6. The molecule has 2 aromatic carbocycles. The molecule has 0 saturated carbocycles. The van der Waals surface area contributed by atoms with E-state index in [-0.39, 0.29) is 21.9 Å². The van der Waals surface area contributed by atoms with Crippen LogP contribution in [0.4, 0.5) is 11.6 Å². The van der Waals surface area contributed by atoms with E-state index in [1.807, 2.05) is 12.1 Å². The molecule has 0 saturated heterocycles. The number of carbonyl (C=O) groups is 1. The van der Waals surface area contributed by atoms with Crippen molar-refractivity contribution in [1.82, 2.24) is 15.3 Å². The molecule has 0 atom stereocenters. The monoisotopic (exact) mass is 567 g/mol. The molecule has 0 radical (unpaired) electrons. The van der Waals surface area contributed by atoms with Gasteiger partial charge in [-0.3, -0.25) is 10.1 Å². The van der Waals surface area contributed by atoms with E-state index in [9.17, 15) is 13.2 Å². The Kier molecular flexibility index (Phi) is 7.18. The molecular weight excluding hydrogens is 549 g/mol. The molecule has 3 aromatic rings. The van der Waals surface area contributed by atoms with Crippen LogP contribution in [0.25, 0.3) is 0 Å². The number of carbonyl (C=O) groups excluding carboxylic acids is 1. The summed E-state index contributed by atoms with van der Waals surface area (Å²) in [6.07, 6.45) is 0. The number of nitrogens with zero attached hydrogens (tertiary/aromatic N) is 2. The van der Waals surface area contributed by atoms with Crippen molar-refractivity contribution in [3.05, 3.63) is 75.1 Å². The molecule has 0 bridgehead atoms. The maximum absolute atomic E-state index is 12.6. The summed E-state index contributed by atoms with van der Waals surface area (Å²) < 4.78 is 28.4. The lowest BCUT2D eigenvalue weighted by Gasteiger charge is -2.11. The van der Waals surface area contributed by atoms with Gasteiger partial charge < -0.3 is 5.32 Å². The first-order valence-corrected chi connectivity index (χ1v) is 11.9. The molecule has 0 fully saturated rings. The minimum Gasteiger partial charge on any atom is -0.332 e. The quantitative estimate of drug-likeness (QED) is 0.319. The van der Waals surface area contributed by atoms with Gasteiger partial charge in [-0.15, -0.1) is 0 Å². The van der Waals surface area contributed by atoms with Crippen LogP contribution in [0.5, 0.6) is 0 Å². The van der Waals surface area contributed by atoms with Gasteiger partial charge in [0.2, 0.25) is 5.95 Å². The van der Waals surface area contributed by atoms with Gasteiger partial charge in [0, 0.05) is 20.6 Å². The van der Waals surface area contributed by atoms with Crippen molar-refractivity contribution in [3.63, 3.8) is 0 Å². The predicted octanol–water partition coefficient (Wildman–Crippen LogP) is 3.63. The first-order chi connectivity index (χ1) is 14.6. The van der Waals surface area contributed by atoms with E-state index < -0.39 is 10.0 Å². The van der Waals surface area contributed by atoms with E-state index in [4.69, 9.17) is 12.2 Å². The highest BCUT2D eigenvalue weighted by atomic mass is 127. The van der Waals surface area contributed by atoms with Crippen LogP contribution in [0.3, 0.4) is 0 Å². The fraction of sp³-hybridized carbons (Fsp3) is 0.100. The van der Waals surface area contributed by atoms with Crippen LogP contribution in [0.2, 0.25) is 0 Å². The molecule has 3 rings (SSSR count). The number of thiocarbonyl (C=S) groups is 1. The highest BCUT2D eigenvalue weighted by Crippen LogP contribution is 2.17. The predicted molar refractivity (Wildman–Crippen MR) is 132 cm³/mol. The Morgan fingerprint density at radius 3 is 2.23 bits per heavy atom.